The number of aliphatic imine (C=N–C) groups is 1. The van der Waals surface area contributed by atoms with Crippen LogP contribution in [0.1, 0.15) is 17.2 Å². The average molecular weight is 304 g/mol. The summed E-state index contributed by atoms with van der Waals surface area (Å²) in [7, 11) is 0. The molecule has 0 bridgehead atoms. The molecule has 0 spiro atoms. The maximum atomic E-state index is 6.04. The van der Waals surface area contributed by atoms with Gasteiger partial charge in [0, 0.05) is 21.6 Å². The lowest BCUT2D eigenvalue weighted by molar-refractivity contribution is 0.918. The summed E-state index contributed by atoms with van der Waals surface area (Å²) in [4.78, 5) is 5.69. The van der Waals surface area contributed by atoms with Crippen molar-refractivity contribution in [2.24, 2.45) is 10.8 Å². The van der Waals surface area contributed by atoms with Crippen molar-refractivity contribution in [1.82, 2.24) is 5.43 Å². The highest BCUT2D eigenvalue weighted by Gasteiger charge is 2.21. The zero-order valence-corrected chi connectivity index (χ0v) is 12.3. The molecule has 0 aromatic heterocycles. The molecule has 2 aromatic carbocycles. The molecule has 102 valence electrons. The van der Waals surface area contributed by atoms with Crippen LogP contribution in [0.25, 0.3) is 0 Å². The molecule has 0 aliphatic carbocycles. The minimum absolute atomic E-state index is 0.286. The van der Waals surface area contributed by atoms with E-state index in [1.165, 1.54) is 5.56 Å². The molecule has 1 aliphatic heterocycles. The van der Waals surface area contributed by atoms with E-state index in [1.807, 2.05) is 24.3 Å². The smallest absolute Gasteiger partial charge is 0.118 e. The van der Waals surface area contributed by atoms with E-state index in [2.05, 4.69) is 34.7 Å². The molecule has 1 aliphatic rings. The van der Waals surface area contributed by atoms with Crippen molar-refractivity contribution in [3.05, 3.63) is 59.1 Å². The minimum Gasteiger partial charge on any atom is -0.312 e. The fourth-order valence-corrected chi connectivity index (χ4v) is 3.56. The van der Waals surface area contributed by atoms with Crippen LogP contribution in [0.5, 0.6) is 0 Å². The first kappa shape index (κ1) is 13.5. The topological polar surface area (TPSA) is 50.4 Å². The molecule has 1 unspecified atom stereocenters. The number of halogens is 1. The Kier molecular flexibility index (Phi) is 3.96. The molecule has 1 heterocycles. The number of hydrogen-bond acceptors (Lipinski definition) is 4. The molecule has 0 radical (unpaired) electrons. The Morgan fingerprint density at radius 2 is 2.00 bits per heavy atom. The number of amidine groups is 1. The second-order valence-electron chi connectivity index (χ2n) is 4.54. The van der Waals surface area contributed by atoms with Crippen LogP contribution in [0.2, 0.25) is 5.02 Å². The minimum atomic E-state index is 0.286. The summed E-state index contributed by atoms with van der Waals surface area (Å²) < 4.78 is 0. The van der Waals surface area contributed by atoms with E-state index in [-0.39, 0.29) is 5.25 Å². The first-order chi connectivity index (χ1) is 9.76. The van der Waals surface area contributed by atoms with Gasteiger partial charge in [-0.15, -0.1) is 11.8 Å². The summed E-state index contributed by atoms with van der Waals surface area (Å²) in [5.74, 6) is 6.36. The predicted molar refractivity (Wildman–Crippen MR) is 85.5 cm³/mol. The number of nitrogens with one attached hydrogen (secondary N) is 1. The van der Waals surface area contributed by atoms with Crippen molar-refractivity contribution in [2.45, 2.75) is 16.6 Å². The fraction of sp³-hybridized carbons (Fsp3) is 0.133. The zero-order valence-electron chi connectivity index (χ0n) is 10.7. The van der Waals surface area contributed by atoms with Crippen LogP contribution in [0.4, 0.5) is 5.69 Å². The lowest BCUT2D eigenvalue weighted by Gasteiger charge is -2.15. The molecule has 0 saturated heterocycles. The van der Waals surface area contributed by atoms with Gasteiger partial charge in [0.1, 0.15) is 5.84 Å². The van der Waals surface area contributed by atoms with E-state index in [1.54, 1.807) is 11.8 Å². The van der Waals surface area contributed by atoms with Crippen molar-refractivity contribution in [3.63, 3.8) is 0 Å². The second kappa shape index (κ2) is 5.87. The van der Waals surface area contributed by atoms with Crippen LogP contribution in [-0.2, 0) is 0 Å². The van der Waals surface area contributed by atoms with E-state index < -0.39 is 0 Å². The molecule has 1 atom stereocenters. The maximum absolute atomic E-state index is 6.04. The summed E-state index contributed by atoms with van der Waals surface area (Å²) in [5, 5.41) is 0.969. The molecular weight excluding hydrogens is 290 g/mol. The number of thioether (sulfide) groups is 1. The Labute approximate surface area is 127 Å². The fourth-order valence-electron chi connectivity index (χ4n) is 2.18. The van der Waals surface area contributed by atoms with Crippen LogP contribution in [0, 0.1) is 0 Å². The maximum Gasteiger partial charge on any atom is 0.118 e. The van der Waals surface area contributed by atoms with Crippen molar-refractivity contribution in [2.75, 3.05) is 0 Å². The highest BCUT2D eigenvalue weighted by molar-refractivity contribution is 7.99. The van der Waals surface area contributed by atoms with Crippen molar-refractivity contribution >= 4 is 34.9 Å². The highest BCUT2D eigenvalue weighted by atomic mass is 35.5. The normalized spacial score (nSPS) is 17.9. The number of hydrogen-bond donors (Lipinski definition) is 2. The van der Waals surface area contributed by atoms with Gasteiger partial charge in [-0.05, 0) is 23.8 Å². The van der Waals surface area contributed by atoms with Gasteiger partial charge < -0.3 is 5.43 Å². The predicted octanol–water partition coefficient (Wildman–Crippen LogP) is 4.07. The highest BCUT2D eigenvalue weighted by Crippen LogP contribution is 2.45. The second-order valence-corrected chi connectivity index (χ2v) is 6.22. The average Bonchev–Trinajstić information content (AvgIpc) is 2.67. The monoisotopic (exact) mass is 303 g/mol. The molecule has 3 rings (SSSR count). The third-order valence-electron chi connectivity index (χ3n) is 3.16. The summed E-state index contributed by atoms with van der Waals surface area (Å²) in [5.41, 5.74) is 4.83. The quantitative estimate of drug-likeness (QED) is 0.617. The molecular formula is C15H14ClN3S. The SMILES string of the molecule is NNC1=Nc2cc(Cl)ccc2SC(c2ccccc2)C1. The van der Waals surface area contributed by atoms with Gasteiger partial charge in [-0.2, -0.15) is 0 Å². The molecule has 3 N–H and O–H groups in total. The Morgan fingerprint density at radius 1 is 1.20 bits per heavy atom. The third kappa shape index (κ3) is 2.82. The summed E-state index contributed by atoms with van der Waals surface area (Å²) in [6, 6.07) is 16.2. The molecule has 2 aromatic rings. The van der Waals surface area contributed by atoms with Gasteiger partial charge >= 0.3 is 0 Å². The summed E-state index contributed by atoms with van der Waals surface area (Å²) >= 11 is 7.83. The molecule has 20 heavy (non-hydrogen) atoms. The number of nitrogens with two attached hydrogens (primary N) is 1. The van der Waals surface area contributed by atoms with Gasteiger partial charge in [-0.25, -0.2) is 10.8 Å². The number of benzene rings is 2. The van der Waals surface area contributed by atoms with Gasteiger partial charge in [0.2, 0.25) is 0 Å². The number of fused-ring (bicyclic) bond motifs is 1. The summed E-state index contributed by atoms with van der Waals surface area (Å²) in [6.07, 6.45) is 0.761. The Balaban J connectivity index is 2.02. The van der Waals surface area contributed by atoms with Crippen LogP contribution in [0.3, 0.4) is 0 Å². The molecule has 0 amide bonds. The standard InChI is InChI=1S/C15H14ClN3S/c16-11-6-7-13-12(8-11)18-15(19-17)9-14(20-13)10-4-2-1-3-5-10/h1-8,14H,9,17H2,(H,18,19). The van der Waals surface area contributed by atoms with Crippen molar-refractivity contribution in [1.29, 1.82) is 0 Å². The molecule has 0 saturated carbocycles. The number of nitrogens with zero attached hydrogens (tertiary/aromatic N) is 1. The Hall–Kier alpha value is -1.49. The number of hydrazine groups is 1. The van der Waals surface area contributed by atoms with Crippen LogP contribution < -0.4 is 11.3 Å². The Bertz CT molecular complexity index is 643. The van der Waals surface area contributed by atoms with Crippen molar-refractivity contribution in [3.8, 4) is 0 Å². The third-order valence-corrected chi connectivity index (χ3v) is 4.72. The van der Waals surface area contributed by atoms with Crippen molar-refractivity contribution < 1.29 is 0 Å². The summed E-state index contributed by atoms with van der Waals surface area (Å²) in [6.45, 7) is 0. The Morgan fingerprint density at radius 3 is 2.75 bits per heavy atom. The first-order valence-corrected chi connectivity index (χ1v) is 7.57. The largest absolute Gasteiger partial charge is 0.312 e. The van der Waals surface area contributed by atoms with E-state index in [4.69, 9.17) is 17.4 Å². The van der Waals surface area contributed by atoms with Crippen LogP contribution >= 0.6 is 23.4 Å². The lowest BCUT2D eigenvalue weighted by Crippen LogP contribution is -2.30. The van der Waals surface area contributed by atoms with E-state index in [9.17, 15) is 0 Å². The first-order valence-electron chi connectivity index (χ1n) is 6.31. The molecule has 3 nitrogen and oxygen atoms in total. The van der Waals surface area contributed by atoms with Crippen LogP contribution in [-0.4, -0.2) is 5.84 Å². The van der Waals surface area contributed by atoms with E-state index in [0.717, 1.165) is 22.8 Å². The van der Waals surface area contributed by atoms with Gasteiger partial charge in [-0.3, -0.25) is 0 Å². The number of rotatable bonds is 1. The molecule has 5 heteroatoms. The van der Waals surface area contributed by atoms with Gasteiger partial charge in [0.05, 0.1) is 5.69 Å². The van der Waals surface area contributed by atoms with E-state index in [0.29, 0.717) is 5.02 Å². The van der Waals surface area contributed by atoms with Gasteiger partial charge in [-0.1, -0.05) is 41.9 Å². The lowest BCUT2D eigenvalue weighted by atomic mass is 10.1. The van der Waals surface area contributed by atoms with E-state index >= 15 is 0 Å². The van der Waals surface area contributed by atoms with Gasteiger partial charge in [0.25, 0.3) is 0 Å². The van der Waals surface area contributed by atoms with Crippen LogP contribution in [0.15, 0.2) is 58.4 Å². The zero-order chi connectivity index (χ0) is 13.9. The van der Waals surface area contributed by atoms with Gasteiger partial charge in [0.15, 0.2) is 0 Å². The molecule has 0 fully saturated rings.